The molecule has 3 N–H and O–H groups in total. The van der Waals surface area contributed by atoms with Gasteiger partial charge in [-0.15, -0.1) is 24.0 Å². The summed E-state index contributed by atoms with van der Waals surface area (Å²) in [6.07, 6.45) is 0. The number of guanidine groups is 1. The van der Waals surface area contributed by atoms with Crippen LogP contribution in [0.2, 0.25) is 0 Å². The predicted molar refractivity (Wildman–Crippen MR) is 127 cm³/mol. The van der Waals surface area contributed by atoms with Gasteiger partial charge in [-0.25, -0.2) is 4.99 Å². The number of benzene rings is 1. The SMILES string of the molecule is COc1ccc(CN=C(N)NCC(c2ccc(C)o2)N2CCOCC2)cc1OC.I. The van der Waals surface area contributed by atoms with Crippen LogP contribution in [-0.2, 0) is 11.3 Å². The van der Waals surface area contributed by atoms with E-state index in [1.54, 1.807) is 14.2 Å². The molecule has 1 aliphatic rings. The number of nitrogens with two attached hydrogens (primary N) is 1. The average Bonchev–Trinajstić information content (AvgIpc) is 3.18. The van der Waals surface area contributed by atoms with E-state index in [1.165, 1.54) is 0 Å². The molecule has 2 aromatic rings. The van der Waals surface area contributed by atoms with Gasteiger partial charge in [0.05, 0.1) is 40.0 Å². The van der Waals surface area contributed by atoms with E-state index >= 15 is 0 Å². The summed E-state index contributed by atoms with van der Waals surface area (Å²) in [6.45, 7) is 6.16. The van der Waals surface area contributed by atoms with Crippen molar-refractivity contribution in [1.29, 1.82) is 0 Å². The lowest BCUT2D eigenvalue weighted by atomic mass is 10.1. The van der Waals surface area contributed by atoms with Crippen molar-refractivity contribution < 1.29 is 18.6 Å². The Balaban J connectivity index is 0.00000320. The number of nitrogens with zero attached hydrogens (tertiary/aromatic N) is 2. The second-order valence-electron chi connectivity index (χ2n) is 6.88. The van der Waals surface area contributed by atoms with Crippen LogP contribution < -0.4 is 20.5 Å². The second kappa shape index (κ2) is 12.0. The molecular formula is C21H31IN4O4. The molecule has 1 unspecified atom stereocenters. The monoisotopic (exact) mass is 530 g/mol. The van der Waals surface area contributed by atoms with E-state index in [1.807, 2.05) is 37.3 Å². The molecule has 166 valence electrons. The van der Waals surface area contributed by atoms with Gasteiger partial charge in [-0.3, -0.25) is 4.90 Å². The van der Waals surface area contributed by atoms with Crippen LogP contribution >= 0.6 is 24.0 Å². The summed E-state index contributed by atoms with van der Waals surface area (Å²) in [5, 5.41) is 3.24. The fraction of sp³-hybridized carbons (Fsp3) is 0.476. The van der Waals surface area contributed by atoms with E-state index in [4.69, 9.17) is 24.4 Å². The van der Waals surface area contributed by atoms with E-state index in [9.17, 15) is 0 Å². The van der Waals surface area contributed by atoms with E-state index in [0.29, 0.717) is 30.5 Å². The number of aliphatic imine (C=N–C) groups is 1. The Morgan fingerprint density at radius 2 is 1.90 bits per heavy atom. The number of furan rings is 1. The number of hydrogen-bond acceptors (Lipinski definition) is 6. The van der Waals surface area contributed by atoms with E-state index in [-0.39, 0.29) is 30.0 Å². The summed E-state index contributed by atoms with van der Waals surface area (Å²) < 4.78 is 22.0. The van der Waals surface area contributed by atoms with Crippen LogP contribution in [0.1, 0.15) is 23.1 Å². The summed E-state index contributed by atoms with van der Waals surface area (Å²) in [5.74, 6) is 3.57. The van der Waals surface area contributed by atoms with Crippen molar-refractivity contribution in [2.24, 2.45) is 10.7 Å². The van der Waals surface area contributed by atoms with Gasteiger partial charge < -0.3 is 29.7 Å². The first-order valence-corrected chi connectivity index (χ1v) is 9.73. The minimum absolute atomic E-state index is 0. The number of hydrogen-bond donors (Lipinski definition) is 2. The normalized spacial score (nSPS) is 15.9. The molecule has 0 aliphatic carbocycles. The summed E-state index contributed by atoms with van der Waals surface area (Å²) >= 11 is 0. The highest BCUT2D eigenvalue weighted by atomic mass is 127. The Kier molecular flexibility index (Phi) is 9.73. The number of ether oxygens (including phenoxy) is 3. The highest BCUT2D eigenvalue weighted by molar-refractivity contribution is 14.0. The third-order valence-corrected chi connectivity index (χ3v) is 4.93. The lowest BCUT2D eigenvalue weighted by molar-refractivity contribution is 0.0125. The highest BCUT2D eigenvalue weighted by Gasteiger charge is 2.25. The molecule has 1 aromatic heterocycles. The lowest BCUT2D eigenvalue weighted by Crippen LogP contribution is -2.45. The number of aryl methyl sites for hydroxylation is 1. The standard InChI is InChI=1S/C21H30N4O4.HI/c1-15-4-6-18(29-15)17(25-8-10-28-11-9-25)14-24-21(22)23-13-16-5-7-19(26-2)20(12-16)27-3;/h4-7,12,17H,8-11,13-14H2,1-3H3,(H3,22,23,24);1H. The molecule has 0 bridgehead atoms. The number of morpholine rings is 1. The van der Waals surface area contributed by atoms with Crippen LogP contribution in [0.3, 0.4) is 0 Å². The molecule has 9 heteroatoms. The first kappa shape index (κ1) is 24.3. The van der Waals surface area contributed by atoms with E-state index < -0.39 is 0 Å². The minimum atomic E-state index is 0. The molecule has 2 heterocycles. The second-order valence-corrected chi connectivity index (χ2v) is 6.88. The van der Waals surface area contributed by atoms with Gasteiger partial charge >= 0.3 is 0 Å². The van der Waals surface area contributed by atoms with Gasteiger partial charge in [-0.05, 0) is 36.8 Å². The van der Waals surface area contributed by atoms with Gasteiger partial charge in [0.2, 0.25) is 0 Å². The molecule has 30 heavy (non-hydrogen) atoms. The van der Waals surface area contributed by atoms with Crippen LogP contribution in [-0.4, -0.2) is 57.9 Å². The van der Waals surface area contributed by atoms with Crippen LogP contribution in [0.15, 0.2) is 39.7 Å². The largest absolute Gasteiger partial charge is 0.493 e. The van der Waals surface area contributed by atoms with Gasteiger partial charge in [-0.2, -0.15) is 0 Å². The lowest BCUT2D eigenvalue weighted by Gasteiger charge is -2.33. The van der Waals surface area contributed by atoms with Crippen LogP contribution in [0.5, 0.6) is 11.5 Å². The Bertz CT molecular complexity index is 821. The Morgan fingerprint density at radius 3 is 2.53 bits per heavy atom. The Hall–Kier alpha value is -1.98. The van der Waals surface area contributed by atoms with Crippen molar-refractivity contribution in [2.45, 2.75) is 19.5 Å². The highest BCUT2D eigenvalue weighted by Crippen LogP contribution is 2.28. The smallest absolute Gasteiger partial charge is 0.188 e. The molecule has 1 aliphatic heterocycles. The predicted octanol–water partition coefficient (Wildman–Crippen LogP) is 2.70. The molecule has 3 rings (SSSR count). The number of rotatable bonds is 8. The number of methoxy groups -OCH3 is 2. The third kappa shape index (κ3) is 6.51. The average molecular weight is 530 g/mol. The Morgan fingerprint density at radius 1 is 1.17 bits per heavy atom. The maximum absolute atomic E-state index is 6.12. The molecule has 0 amide bonds. The molecule has 1 fully saturated rings. The maximum atomic E-state index is 6.12. The topological polar surface area (TPSA) is 94.5 Å². The van der Waals surface area contributed by atoms with Crippen LogP contribution in [0, 0.1) is 6.92 Å². The first-order chi connectivity index (χ1) is 14.1. The zero-order valence-corrected chi connectivity index (χ0v) is 20.1. The summed E-state index contributed by atoms with van der Waals surface area (Å²) in [4.78, 5) is 6.80. The quantitative estimate of drug-likeness (QED) is 0.308. The van der Waals surface area contributed by atoms with Gasteiger partial charge in [0, 0.05) is 19.6 Å². The van der Waals surface area contributed by atoms with Crippen molar-refractivity contribution in [1.82, 2.24) is 10.2 Å². The Labute approximate surface area is 194 Å². The van der Waals surface area contributed by atoms with Crippen LogP contribution in [0.4, 0.5) is 0 Å². The van der Waals surface area contributed by atoms with Crippen molar-refractivity contribution >= 4 is 29.9 Å². The maximum Gasteiger partial charge on any atom is 0.188 e. The van der Waals surface area contributed by atoms with Gasteiger partial charge in [-0.1, -0.05) is 6.07 Å². The first-order valence-electron chi connectivity index (χ1n) is 9.73. The molecule has 1 saturated heterocycles. The van der Waals surface area contributed by atoms with Crippen LogP contribution in [0.25, 0.3) is 0 Å². The molecule has 0 radical (unpaired) electrons. The summed E-state index contributed by atoms with van der Waals surface area (Å²) in [7, 11) is 3.23. The molecular weight excluding hydrogens is 499 g/mol. The van der Waals surface area contributed by atoms with Crippen molar-refractivity contribution in [2.75, 3.05) is 47.1 Å². The van der Waals surface area contributed by atoms with Gasteiger partial charge in [0.15, 0.2) is 17.5 Å². The molecule has 0 spiro atoms. The van der Waals surface area contributed by atoms with Crippen molar-refractivity contribution in [3.8, 4) is 11.5 Å². The van der Waals surface area contributed by atoms with E-state index in [2.05, 4.69) is 15.2 Å². The summed E-state index contributed by atoms with van der Waals surface area (Å²) in [5.41, 5.74) is 7.10. The van der Waals surface area contributed by atoms with E-state index in [0.717, 1.165) is 43.4 Å². The number of nitrogens with one attached hydrogen (secondary N) is 1. The van der Waals surface area contributed by atoms with Crippen molar-refractivity contribution in [3.63, 3.8) is 0 Å². The molecule has 0 saturated carbocycles. The van der Waals surface area contributed by atoms with Gasteiger partial charge in [0.1, 0.15) is 11.5 Å². The zero-order chi connectivity index (χ0) is 20.6. The van der Waals surface area contributed by atoms with Crippen molar-refractivity contribution in [3.05, 3.63) is 47.4 Å². The third-order valence-electron chi connectivity index (χ3n) is 4.93. The minimum Gasteiger partial charge on any atom is -0.493 e. The molecule has 8 nitrogen and oxygen atoms in total. The number of halogens is 1. The fourth-order valence-electron chi connectivity index (χ4n) is 3.34. The summed E-state index contributed by atoms with van der Waals surface area (Å²) in [6, 6.07) is 9.78. The zero-order valence-electron chi connectivity index (χ0n) is 17.7. The fourth-order valence-corrected chi connectivity index (χ4v) is 3.34. The molecule has 1 aromatic carbocycles. The van der Waals surface area contributed by atoms with Gasteiger partial charge in [0.25, 0.3) is 0 Å². The molecule has 1 atom stereocenters.